The molecule has 0 aliphatic heterocycles. The molecule has 0 saturated heterocycles. The molecule has 3 aromatic rings. The fraction of sp³-hybridized carbons (Fsp3) is 0.222. The van der Waals surface area contributed by atoms with E-state index in [4.69, 9.17) is 4.42 Å². The van der Waals surface area contributed by atoms with Gasteiger partial charge in [0.15, 0.2) is 0 Å². The maximum atomic E-state index is 10.8. The maximum Gasteiger partial charge on any atom is 0.136 e. The summed E-state index contributed by atoms with van der Waals surface area (Å²) in [6, 6.07) is 15.9. The SMILES string of the molecule is Cc1ccc2oc(C(C)(O)Cc3ccc(Br)cc3)cc2c1. The molecule has 3 heteroatoms. The van der Waals surface area contributed by atoms with E-state index in [9.17, 15) is 5.11 Å². The van der Waals surface area contributed by atoms with Gasteiger partial charge in [-0.15, -0.1) is 0 Å². The molecule has 21 heavy (non-hydrogen) atoms. The standard InChI is InChI=1S/C18H17BrO2/c1-12-3-8-16-14(9-12)10-17(21-16)18(2,20)11-13-4-6-15(19)7-5-13/h3-10,20H,11H2,1-2H3. The topological polar surface area (TPSA) is 33.4 Å². The second kappa shape index (κ2) is 5.32. The fourth-order valence-electron chi connectivity index (χ4n) is 2.52. The molecule has 0 saturated carbocycles. The minimum Gasteiger partial charge on any atom is -0.458 e. The molecule has 1 aromatic heterocycles. The van der Waals surface area contributed by atoms with Crippen molar-refractivity contribution in [2.75, 3.05) is 0 Å². The van der Waals surface area contributed by atoms with Crippen LogP contribution in [0.25, 0.3) is 11.0 Å². The molecule has 1 unspecified atom stereocenters. The van der Waals surface area contributed by atoms with Gasteiger partial charge in [0.25, 0.3) is 0 Å². The molecule has 108 valence electrons. The smallest absolute Gasteiger partial charge is 0.136 e. The van der Waals surface area contributed by atoms with Crippen LogP contribution in [0.2, 0.25) is 0 Å². The first-order chi connectivity index (χ1) is 9.94. The van der Waals surface area contributed by atoms with Gasteiger partial charge in [-0.3, -0.25) is 0 Å². The van der Waals surface area contributed by atoms with Gasteiger partial charge in [-0.1, -0.05) is 39.7 Å². The number of hydrogen-bond acceptors (Lipinski definition) is 2. The van der Waals surface area contributed by atoms with Crippen molar-refractivity contribution in [3.05, 3.63) is 69.9 Å². The van der Waals surface area contributed by atoms with Crippen molar-refractivity contribution in [2.45, 2.75) is 25.9 Å². The van der Waals surface area contributed by atoms with Gasteiger partial charge in [-0.2, -0.15) is 0 Å². The molecule has 1 atom stereocenters. The van der Waals surface area contributed by atoms with Crippen molar-refractivity contribution in [3.63, 3.8) is 0 Å². The Kier molecular flexibility index (Phi) is 3.64. The molecule has 2 nitrogen and oxygen atoms in total. The van der Waals surface area contributed by atoms with Crippen molar-refractivity contribution < 1.29 is 9.52 Å². The summed E-state index contributed by atoms with van der Waals surface area (Å²) in [4.78, 5) is 0. The zero-order valence-electron chi connectivity index (χ0n) is 12.1. The van der Waals surface area contributed by atoms with Gasteiger partial charge in [0.2, 0.25) is 0 Å². The molecule has 1 N–H and O–H groups in total. The van der Waals surface area contributed by atoms with Crippen molar-refractivity contribution in [2.24, 2.45) is 0 Å². The minimum absolute atomic E-state index is 0.513. The molecule has 0 spiro atoms. The summed E-state index contributed by atoms with van der Waals surface area (Å²) in [7, 11) is 0. The van der Waals surface area contributed by atoms with E-state index in [1.807, 2.05) is 49.4 Å². The van der Waals surface area contributed by atoms with Crippen LogP contribution in [0.5, 0.6) is 0 Å². The number of aliphatic hydroxyl groups is 1. The first-order valence-corrected chi connectivity index (χ1v) is 7.71. The third-order valence-corrected chi connectivity index (χ3v) is 4.19. The largest absolute Gasteiger partial charge is 0.458 e. The maximum absolute atomic E-state index is 10.8. The van der Waals surface area contributed by atoms with Crippen LogP contribution in [-0.4, -0.2) is 5.11 Å². The van der Waals surface area contributed by atoms with Crippen LogP contribution < -0.4 is 0 Å². The summed E-state index contributed by atoms with van der Waals surface area (Å²) >= 11 is 3.42. The summed E-state index contributed by atoms with van der Waals surface area (Å²) in [5, 5.41) is 11.8. The number of halogens is 1. The molecule has 0 aliphatic rings. The van der Waals surface area contributed by atoms with E-state index in [1.165, 1.54) is 5.56 Å². The van der Waals surface area contributed by atoms with Crippen LogP contribution in [0.4, 0.5) is 0 Å². The molecule has 2 aromatic carbocycles. The van der Waals surface area contributed by atoms with Gasteiger partial charge >= 0.3 is 0 Å². The predicted octanol–water partition coefficient (Wildman–Crippen LogP) is 4.95. The third kappa shape index (κ3) is 3.04. The second-order valence-electron chi connectivity index (χ2n) is 5.73. The van der Waals surface area contributed by atoms with E-state index in [0.717, 1.165) is 21.0 Å². The number of aryl methyl sites for hydroxylation is 1. The van der Waals surface area contributed by atoms with Crippen LogP contribution >= 0.6 is 15.9 Å². The van der Waals surface area contributed by atoms with Gasteiger partial charge in [0.1, 0.15) is 16.9 Å². The summed E-state index contributed by atoms with van der Waals surface area (Å²) in [5.74, 6) is 0.603. The van der Waals surface area contributed by atoms with E-state index in [2.05, 4.69) is 22.0 Å². The fourth-order valence-corrected chi connectivity index (χ4v) is 2.78. The second-order valence-corrected chi connectivity index (χ2v) is 6.64. The van der Waals surface area contributed by atoms with Crippen LogP contribution in [0, 0.1) is 6.92 Å². The lowest BCUT2D eigenvalue weighted by Crippen LogP contribution is -2.23. The van der Waals surface area contributed by atoms with Gasteiger partial charge in [-0.25, -0.2) is 0 Å². The Hall–Kier alpha value is -1.58. The molecule has 0 fully saturated rings. The molecule has 0 radical (unpaired) electrons. The lowest BCUT2D eigenvalue weighted by atomic mass is 9.94. The Morgan fingerprint density at radius 2 is 1.81 bits per heavy atom. The van der Waals surface area contributed by atoms with Gasteiger partial charge in [0.05, 0.1) is 0 Å². The van der Waals surface area contributed by atoms with Crippen molar-refractivity contribution in [3.8, 4) is 0 Å². The van der Waals surface area contributed by atoms with Crippen molar-refractivity contribution >= 4 is 26.9 Å². The number of furan rings is 1. The molecule has 0 bridgehead atoms. The van der Waals surface area contributed by atoms with Crippen LogP contribution in [0.15, 0.2) is 57.4 Å². The van der Waals surface area contributed by atoms with Crippen LogP contribution in [0.1, 0.15) is 23.8 Å². The molecular weight excluding hydrogens is 328 g/mol. The molecule has 0 aliphatic carbocycles. The molecular formula is C18H17BrO2. The average molecular weight is 345 g/mol. The van der Waals surface area contributed by atoms with Crippen molar-refractivity contribution in [1.82, 2.24) is 0 Å². The zero-order valence-corrected chi connectivity index (χ0v) is 13.6. The summed E-state index contributed by atoms with van der Waals surface area (Å²) in [6.45, 7) is 3.84. The highest BCUT2D eigenvalue weighted by Gasteiger charge is 2.27. The third-order valence-electron chi connectivity index (χ3n) is 3.66. The Labute approximate surface area is 132 Å². The van der Waals surface area contributed by atoms with E-state index in [0.29, 0.717) is 12.2 Å². The van der Waals surface area contributed by atoms with E-state index >= 15 is 0 Å². The minimum atomic E-state index is -1.03. The Morgan fingerprint density at radius 3 is 2.52 bits per heavy atom. The highest BCUT2D eigenvalue weighted by molar-refractivity contribution is 9.10. The van der Waals surface area contributed by atoms with Gasteiger partial charge < -0.3 is 9.52 Å². The summed E-state index contributed by atoms with van der Waals surface area (Å²) in [6.07, 6.45) is 0.513. The number of benzene rings is 2. The molecule has 0 amide bonds. The molecule has 3 rings (SSSR count). The quantitative estimate of drug-likeness (QED) is 0.728. The summed E-state index contributed by atoms with van der Waals surface area (Å²) in [5.41, 5.74) is 2.04. The Balaban J connectivity index is 1.93. The van der Waals surface area contributed by atoms with E-state index < -0.39 is 5.60 Å². The lowest BCUT2D eigenvalue weighted by Gasteiger charge is -2.20. The van der Waals surface area contributed by atoms with Crippen LogP contribution in [-0.2, 0) is 12.0 Å². The van der Waals surface area contributed by atoms with Gasteiger partial charge in [0, 0.05) is 16.3 Å². The number of hydrogen-bond donors (Lipinski definition) is 1. The first kappa shape index (κ1) is 14.4. The highest BCUT2D eigenvalue weighted by atomic mass is 79.9. The van der Waals surface area contributed by atoms with Crippen LogP contribution in [0.3, 0.4) is 0 Å². The zero-order chi connectivity index (χ0) is 15.0. The Morgan fingerprint density at radius 1 is 1.10 bits per heavy atom. The average Bonchev–Trinajstić information content (AvgIpc) is 2.85. The Bertz CT molecular complexity index is 770. The number of fused-ring (bicyclic) bond motifs is 1. The van der Waals surface area contributed by atoms with E-state index in [1.54, 1.807) is 6.92 Å². The monoisotopic (exact) mass is 344 g/mol. The van der Waals surface area contributed by atoms with Crippen molar-refractivity contribution in [1.29, 1.82) is 0 Å². The predicted molar refractivity (Wildman–Crippen MR) is 88.4 cm³/mol. The lowest BCUT2D eigenvalue weighted by molar-refractivity contribution is 0.0360. The van der Waals surface area contributed by atoms with Gasteiger partial charge in [-0.05, 0) is 49.7 Å². The van der Waals surface area contributed by atoms with E-state index in [-0.39, 0.29) is 0 Å². The normalized spacial score (nSPS) is 14.3. The highest BCUT2D eigenvalue weighted by Crippen LogP contribution is 2.31. The summed E-state index contributed by atoms with van der Waals surface area (Å²) < 4.78 is 6.86. The first-order valence-electron chi connectivity index (χ1n) is 6.91. The number of rotatable bonds is 3. The molecule has 1 heterocycles.